The topological polar surface area (TPSA) is 78.5 Å². The second-order valence-electron chi connectivity index (χ2n) is 6.77. The summed E-state index contributed by atoms with van der Waals surface area (Å²) in [7, 11) is 0. The number of carbonyl (C=O) groups is 3. The summed E-state index contributed by atoms with van der Waals surface area (Å²) in [6, 6.07) is 5.21. The Morgan fingerprint density at radius 2 is 1.92 bits per heavy atom. The number of hydrogen-bond acceptors (Lipinski definition) is 3. The number of halogens is 1. The van der Waals surface area contributed by atoms with Crippen molar-refractivity contribution in [2.45, 2.75) is 50.6 Å². The summed E-state index contributed by atoms with van der Waals surface area (Å²) < 4.78 is 12.9. The molecule has 3 rings (SSSR count). The van der Waals surface area contributed by atoms with Gasteiger partial charge in [-0.05, 0) is 37.5 Å². The maximum atomic E-state index is 12.9. The fourth-order valence-electron chi connectivity index (χ4n) is 3.56. The summed E-state index contributed by atoms with van der Waals surface area (Å²) in [5.41, 5.74) is 0.0456. The van der Waals surface area contributed by atoms with Crippen LogP contribution in [0.1, 0.15) is 50.6 Å². The van der Waals surface area contributed by atoms with E-state index in [-0.39, 0.29) is 36.6 Å². The maximum Gasteiger partial charge on any atom is 0.325 e. The van der Waals surface area contributed by atoms with Crippen LogP contribution in [-0.2, 0) is 9.59 Å². The molecule has 6 nitrogen and oxygen atoms in total. The van der Waals surface area contributed by atoms with Crippen molar-refractivity contribution < 1.29 is 18.8 Å². The number of amides is 4. The van der Waals surface area contributed by atoms with Crippen LogP contribution in [0.15, 0.2) is 24.3 Å². The minimum absolute atomic E-state index is 0.0424. The van der Waals surface area contributed by atoms with Gasteiger partial charge in [-0.1, -0.05) is 25.0 Å². The van der Waals surface area contributed by atoms with E-state index in [1.807, 2.05) is 0 Å². The van der Waals surface area contributed by atoms with Gasteiger partial charge in [0.15, 0.2) is 0 Å². The molecule has 1 saturated carbocycles. The molecular weight excluding hydrogens is 325 g/mol. The van der Waals surface area contributed by atoms with Gasteiger partial charge >= 0.3 is 6.03 Å². The van der Waals surface area contributed by atoms with Crippen LogP contribution >= 0.6 is 0 Å². The maximum absolute atomic E-state index is 12.9. The van der Waals surface area contributed by atoms with Gasteiger partial charge in [0, 0.05) is 13.0 Å². The van der Waals surface area contributed by atoms with Crippen LogP contribution in [0.2, 0.25) is 0 Å². The van der Waals surface area contributed by atoms with Gasteiger partial charge in [0.25, 0.3) is 5.91 Å². The van der Waals surface area contributed by atoms with Gasteiger partial charge in [-0.15, -0.1) is 0 Å². The number of urea groups is 1. The molecule has 0 radical (unpaired) electrons. The predicted molar refractivity (Wildman–Crippen MR) is 89.0 cm³/mol. The van der Waals surface area contributed by atoms with E-state index in [9.17, 15) is 18.8 Å². The Labute approximate surface area is 145 Å². The van der Waals surface area contributed by atoms with Crippen LogP contribution in [0.3, 0.4) is 0 Å². The van der Waals surface area contributed by atoms with E-state index in [1.165, 1.54) is 12.1 Å². The van der Waals surface area contributed by atoms with Crippen molar-refractivity contribution in [3.63, 3.8) is 0 Å². The Balaban J connectivity index is 1.53. The summed E-state index contributed by atoms with van der Waals surface area (Å²) in [4.78, 5) is 37.8. The summed E-state index contributed by atoms with van der Waals surface area (Å²) >= 11 is 0. The second-order valence-corrected chi connectivity index (χ2v) is 6.77. The third-order valence-corrected chi connectivity index (χ3v) is 5.01. The van der Waals surface area contributed by atoms with Gasteiger partial charge in [0.2, 0.25) is 5.91 Å². The molecule has 1 aliphatic carbocycles. The van der Waals surface area contributed by atoms with Gasteiger partial charge in [-0.2, -0.15) is 0 Å². The molecule has 1 aliphatic heterocycles. The molecular formula is C18H22FN3O3. The number of rotatable bonds is 5. The van der Waals surface area contributed by atoms with Crippen molar-refractivity contribution in [2.75, 3.05) is 6.54 Å². The van der Waals surface area contributed by atoms with Gasteiger partial charge in [0.05, 0.1) is 6.04 Å². The molecule has 1 saturated heterocycles. The molecule has 1 atom stereocenters. The molecule has 0 unspecified atom stereocenters. The summed E-state index contributed by atoms with van der Waals surface area (Å²) in [6.45, 7) is 1.86. The van der Waals surface area contributed by atoms with E-state index in [4.69, 9.17) is 0 Å². The number of carbonyl (C=O) groups excluding carboxylic acids is 3. The molecule has 1 aromatic rings. The molecule has 134 valence electrons. The van der Waals surface area contributed by atoms with Crippen molar-refractivity contribution in [1.82, 2.24) is 15.5 Å². The van der Waals surface area contributed by atoms with Crippen LogP contribution in [0.4, 0.5) is 9.18 Å². The zero-order valence-electron chi connectivity index (χ0n) is 14.2. The molecule has 7 heteroatoms. The highest BCUT2D eigenvalue weighted by Crippen LogP contribution is 2.35. The molecule has 2 aliphatic rings. The number of nitrogens with one attached hydrogen (secondary N) is 2. The average Bonchev–Trinajstić information content (AvgIpc) is 3.13. The van der Waals surface area contributed by atoms with Crippen molar-refractivity contribution in [1.29, 1.82) is 0 Å². The van der Waals surface area contributed by atoms with Crippen molar-refractivity contribution >= 4 is 17.8 Å². The van der Waals surface area contributed by atoms with E-state index in [0.717, 1.165) is 23.3 Å². The zero-order chi connectivity index (χ0) is 18.0. The van der Waals surface area contributed by atoms with E-state index in [2.05, 4.69) is 10.6 Å². The Bertz CT molecular complexity index is 683. The molecule has 2 fully saturated rings. The third kappa shape index (κ3) is 3.50. The smallest absolute Gasteiger partial charge is 0.325 e. The molecule has 1 heterocycles. The molecule has 2 N–H and O–H groups in total. The first-order valence-corrected chi connectivity index (χ1v) is 8.60. The standard InChI is InChI=1S/C18H22FN3O3/c1-12(13-4-6-14(19)7-5-13)20-15(23)8-11-22-16(24)18(21-17(22)25)9-2-3-10-18/h4-7,12H,2-3,8-11H2,1H3,(H,20,23)(H,21,25)/t12-/m1/s1. The Morgan fingerprint density at radius 1 is 1.28 bits per heavy atom. The van der Waals surface area contributed by atoms with E-state index in [1.54, 1.807) is 19.1 Å². The number of benzene rings is 1. The van der Waals surface area contributed by atoms with E-state index in [0.29, 0.717) is 12.8 Å². The predicted octanol–water partition coefficient (Wildman–Crippen LogP) is 2.26. The first-order valence-electron chi connectivity index (χ1n) is 8.60. The van der Waals surface area contributed by atoms with Gasteiger partial charge in [0.1, 0.15) is 11.4 Å². The quantitative estimate of drug-likeness (QED) is 0.802. The van der Waals surface area contributed by atoms with E-state index >= 15 is 0 Å². The molecule has 25 heavy (non-hydrogen) atoms. The summed E-state index contributed by atoms with van der Waals surface area (Å²) in [5.74, 6) is -0.805. The third-order valence-electron chi connectivity index (χ3n) is 5.01. The Morgan fingerprint density at radius 3 is 2.56 bits per heavy atom. The highest BCUT2D eigenvalue weighted by Gasteiger charge is 2.52. The summed E-state index contributed by atoms with van der Waals surface area (Å²) in [6.07, 6.45) is 3.23. The van der Waals surface area contributed by atoms with Gasteiger partial charge < -0.3 is 10.6 Å². The average molecular weight is 347 g/mol. The van der Waals surface area contributed by atoms with Crippen LogP contribution in [0, 0.1) is 5.82 Å². The lowest BCUT2D eigenvalue weighted by Gasteiger charge is -2.20. The number of hydrogen-bond donors (Lipinski definition) is 2. The highest BCUT2D eigenvalue weighted by molar-refractivity contribution is 6.07. The molecule has 0 bridgehead atoms. The van der Waals surface area contributed by atoms with Gasteiger partial charge in [-0.3, -0.25) is 14.5 Å². The first kappa shape index (κ1) is 17.4. The normalized spacial score (nSPS) is 20.0. The van der Waals surface area contributed by atoms with Crippen LogP contribution < -0.4 is 10.6 Å². The molecule has 0 aromatic heterocycles. The van der Waals surface area contributed by atoms with Crippen molar-refractivity contribution in [2.24, 2.45) is 0 Å². The largest absolute Gasteiger partial charge is 0.350 e. The fourth-order valence-corrected chi connectivity index (χ4v) is 3.56. The Kier molecular flexibility index (Phi) is 4.74. The van der Waals surface area contributed by atoms with Crippen molar-refractivity contribution in [3.05, 3.63) is 35.6 Å². The van der Waals surface area contributed by atoms with Crippen LogP contribution in [0.5, 0.6) is 0 Å². The Hall–Kier alpha value is -2.44. The molecule has 4 amide bonds. The number of imide groups is 1. The summed E-state index contributed by atoms with van der Waals surface area (Å²) in [5, 5.41) is 5.59. The lowest BCUT2D eigenvalue weighted by molar-refractivity contribution is -0.131. The monoisotopic (exact) mass is 347 g/mol. The minimum atomic E-state index is -0.741. The first-order chi connectivity index (χ1) is 11.9. The minimum Gasteiger partial charge on any atom is -0.350 e. The number of nitrogens with zero attached hydrogens (tertiary/aromatic N) is 1. The fraction of sp³-hybridized carbons (Fsp3) is 0.500. The second kappa shape index (κ2) is 6.82. The SMILES string of the molecule is C[C@@H](NC(=O)CCN1C(=O)NC2(CCCC2)C1=O)c1ccc(F)cc1. The lowest BCUT2D eigenvalue weighted by atomic mass is 9.98. The zero-order valence-corrected chi connectivity index (χ0v) is 14.2. The van der Waals surface area contributed by atoms with Gasteiger partial charge in [-0.25, -0.2) is 9.18 Å². The highest BCUT2D eigenvalue weighted by atomic mass is 19.1. The molecule has 1 aromatic carbocycles. The van der Waals surface area contributed by atoms with E-state index < -0.39 is 11.6 Å². The van der Waals surface area contributed by atoms with Crippen LogP contribution in [0.25, 0.3) is 0 Å². The van der Waals surface area contributed by atoms with Crippen LogP contribution in [-0.4, -0.2) is 34.8 Å². The molecule has 1 spiro atoms. The lowest BCUT2D eigenvalue weighted by Crippen LogP contribution is -2.44. The van der Waals surface area contributed by atoms with Crippen molar-refractivity contribution in [3.8, 4) is 0 Å².